The van der Waals surface area contributed by atoms with Gasteiger partial charge in [0.15, 0.2) is 9.84 Å². The van der Waals surface area contributed by atoms with Crippen LogP contribution in [0.2, 0.25) is 0 Å². The van der Waals surface area contributed by atoms with Crippen LogP contribution in [0.25, 0.3) is 10.1 Å². The monoisotopic (exact) mass is 579 g/mol. The highest BCUT2D eigenvalue weighted by atomic mass is 32.2. The van der Waals surface area contributed by atoms with Crippen molar-refractivity contribution in [3.05, 3.63) is 46.6 Å². The van der Waals surface area contributed by atoms with E-state index >= 15 is 0 Å². The van der Waals surface area contributed by atoms with Gasteiger partial charge in [-0.15, -0.1) is 11.3 Å². The van der Waals surface area contributed by atoms with E-state index in [1.165, 1.54) is 18.4 Å². The van der Waals surface area contributed by atoms with Crippen LogP contribution >= 0.6 is 11.3 Å². The number of methoxy groups -OCH3 is 1. The number of fused-ring (bicyclic) bond motifs is 1. The van der Waals surface area contributed by atoms with E-state index in [0.717, 1.165) is 66.6 Å². The van der Waals surface area contributed by atoms with E-state index in [1.54, 1.807) is 0 Å². The lowest BCUT2D eigenvalue weighted by Crippen LogP contribution is -2.38. The van der Waals surface area contributed by atoms with Crippen LogP contribution in [0.5, 0.6) is 5.75 Å². The van der Waals surface area contributed by atoms with Crippen LogP contribution in [-0.4, -0.2) is 65.3 Å². The van der Waals surface area contributed by atoms with Gasteiger partial charge < -0.3 is 20.3 Å². The van der Waals surface area contributed by atoms with Gasteiger partial charge >= 0.3 is 0 Å². The van der Waals surface area contributed by atoms with Crippen LogP contribution in [0, 0.1) is 17.7 Å². The number of hydrogen-bond donors (Lipinski definition) is 2. The maximum Gasteiger partial charge on any atom is 0.242 e. The molecule has 4 rings (SSSR count). The Morgan fingerprint density at radius 2 is 1.95 bits per heavy atom. The van der Waals surface area contributed by atoms with Gasteiger partial charge in [0.05, 0.1) is 34.6 Å². The molecular formula is C28H32F3N3O3S2. The zero-order valence-electron chi connectivity index (χ0n) is 22.1. The molecule has 1 fully saturated rings. The number of alkyl halides is 2. The van der Waals surface area contributed by atoms with Crippen molar-refractivity contribution in [1.82, 2.24) is 4.90 Å². The highest BCUT2D eigenvalue weighted by Gasteiger charge is 2.22. The maximum absolute atomic E-state index is 14.4. The van der Waals surface area contributed by atoms with E-state index in [-0.39, 0.29) is 18.0 Å². The molecule has 0 aliphatic carbocycles. The van der Waals surface area contributed by atoms with E-state index in [1.807, 2.05) is 18.2 Å². The Morgan fingerprint density at radius 1 is 1.21 bits per heavy atom. The minimum Gasteiger partial charge on any atom is -0.495 e. The molecule has 0 radical (unpaired) electrons. The number of rotatable bonds is 9. The van der Waals surface area contributed by atoms with Gasteiger partial charge in [-0.25, -0.2) is 21.6 Å². The first-order valence-corrected chi connectivity index (χ1v) is 15.4. The molecule has 39 heavy (non-hydrogen) atoms. The van der Waals surface area contributed by atoms with E-state index in [2.05, 4.69) is 34.3 Å². The van der Waals surface area contributed by atoms with E-state index < -0.39 is 33.4 Å². The fourth-order valence-corrected chi connectivity index (χ4v) is 6.66. The van der Waals surface area contributed by atoms with Gasteiger partial charge in [-0.1, -0.05) is 30.9 Å². The number of benzene rings is 2. The highest BCUT2D eigenvalue weighted by Crippen LogP contribution is 2.38. The number of ether oxygens (including phenoxy) is 1. The first-order valence-electron chi connectivity index (χ1n) is 12.7. The lowest BCUT2D eigenvalue weighted by molar-refractivity contribution is 0.149. The average molecular weight is 580 g/mol. The van der Waals surface area contributed by atoms with Crippen LogP contribution in [0.4, 0.5) is 24.5 Å². The predicted molar refractivity (Wildman–Crippen MR) is 152 cm³/mol. The second-order valence-electron chi connectivity index (χ2n) is 9.45. The first-order chi connectivity index (χ1) is 18.6. The van der Waals surface area contributed by atoms with Crippen molar-refractivity contribution in [1.29, 1.82) is 0 Å². The molecule has 0 amide bonds. The molecule has 2 N–H and O–H groups in total. The summed E-state index contributed by atoms with van der Waals surface area (Å²) in [5.74, 6) is 5.20. The summed E-state index contributed by atoms with van der Waals surface area (Å²) in [6, 6.07) is 8.20. The molecule has 1 aliphatic heterocycles. The molecule has 0 bridgehead atoms. The van der Waals surface area contributed by atoms with E-state index in [4.69, 9.17) is 4.74 Å². The second kappa shape index (κ2) is 12.5. The minimum atomic E-state index is -3.77. The van der Waals surface area contributed by atoms with Gasteiger partial charge in [-0.05, 0) is 36.4 Å². The average Bonchev–Trinajstić information content (AvgIpc) is 3.24. The molecule has 1 aromatic heterocycles. The van der Waals surface area contributed by atoms with Crippen molar-refractivity contribution in [2.24, 2.45) is 0 Å². The van der Waals surface area contributed by atoms with Crippen molar-refractivity contribution in [3.63, 3.8) is 0 Å². The molecule has 3 aromatic rings. The van der Waals surface area contributed by atoms with Gasteiger partial charge in [0, 0.05) is 43.9 Å². The van der Waals surface area contributed by atoms with Crippen LogP contribution in [0.15, 0.2) is 35.2 Å². The second-order valence-corrected chi connectivity index (χ2v) is 12.5. The van der Waals surface area contributed by atoms with Gasteiger partial charge in [0.2, 0.25) is 6.43 Å². The van der Waals surface area contributed by atoms with Crippen LogP contribution in [0.3, 0.4) is 0 Å². The fraction of sp³-hybridized carbons (Fsp3) is 0.429. The fourth-order valence-electron chi connectivity index (χ4n) is 4.75. The number of sulfone groups is 1. The molecule has 11 heteroatoms. The molecule has 2 heterocycles. The third-order valence-electron chi connectivity index (χ3n) is 6.79. The van der Waals surface area contributed by atoms with Crippen molar-refractivity contribution in [3.8, 4) is 17.6 Å². The van der Waals surface area contributed by atoms with Crippen molar-refractivity contribution >= 4 is 42.6 Å². The molecule has 0 atom stereocenters. The molecule has 1 aliphatic rings. The van der Waals surface area contributed by atoms with E-state index in [9.17, 15) is 21.6 Å². The summed E-state index contributed by atoms with van der Waals surface area (Å²) < 4.78 is 71.1. The Hall–Kier alpha value is -2.94. The topological polar surface area (TPSA) is 70.7 Å². The van der Waals surface area contributed by atoms with Gasteiger partial charge in [-0.2, -0.15) is 0 Å². The Balaban J connectivity index is 1.57. The molecule has 0 unspecified atom stereocenters. The van der Waals surface area contributed by atoms with Crippen molar-refractivity contribution < 1.29 is 26.3 Å². The number of thiophene rings is 1. The van der Waals surface area contributed by atoms with Crippen LogP contribution in [-0.2, 0) is 16.3 Å². The number of nitrogens with zero attached hydrogens (tertiary/aromatic N) is 1. The third kappa shape index (κ3) is 6.99. The summed E-state index contributed by atoms with van der Waals surface area (Å²) in [7, 11) is -2.42. The van der Waals surface area contributed by atoms with E-state index in [0.29, 0.717) is 16.5 Å². The summed E-state index contributed by atoms with van der Waals surface area (Å²) in [6.45, 7) is 5.32. The molecule has 0 saturated carbocycles. The number of hydrogen-bond acceptors (Lipinski definition) is 7. The van der Waals surface area contributed by atoms with Crippen LogP contribution < -0.4 is 15.4 Å². The Morgan fingerprint density at radius 3 is 2.59 bits per heavy atom. The zero-order valence-corrected chi connectivity index (χ0v) is 23.7. The largest absolute Gasteiger partial charge is 0.495 e. The van der Waals surface area contributed by atoms with Crippen molar-refractivity contribution in [2.75, 3.05) is 50.2 Å². The summed E-state index contributed by atoms with van der Waals surface area (Å²) in [5, 5.41) is 7.33. The molecular weight excluding hydrogens is 547 g/mol. The van der Waals surface area contributed by atoms with Gasteiger partial charge in [0.1, 0.15) is 16.5 Å². The molecule has 210 valence electrons. The summed E-state index contributed by atoms with van der Waals surface area (Å²) in [6.07, 6.45) is 0.0422. The minimum absolute atomic E-state index is 0.0670. The number of halogens is 3. The highest BCUT2D eigenvalue weighted by molar-refractivity contribution is 7.90. The normalized spacial score (nSPS) is 14.8. The molecule has 1 saturated heterocycles. The SMILES string of the molecule is CCN1CCC(Nc2cccc3c(CC(F)F)c(C#CCNc4cc(F)c(S(C)(=O)=O)cc4OC)sc23)CC1. The Kier molecular flexibility index (Phi) is 9.31. The maximum atomic E-state index is 14.4. The number of anilines is 2. The van der Waals surface area contributed by atoms with Gasteiger partial charge in [0.25, 0.3) is 0 Å². The van der Waals surface area contributed by atoms with Crippen LogP contribution in [0.1, 0.15) is 30.2 Å². The Labute approximate surface area is 231 Å². The predicted octanol–water partition coefficient (Wildman–Crippen LogP) is 5.62. The molecule has 0 spiro atoms. The number of piperidine rings is 1. The Bertz CT molecular complexity index is 1490. The summed E-state index contributed by atoms with van der Waals surface area (Å²) in [4.78, 5) is 2.52. The first kappa shape index (κ1) is 29.1. The summed E-state index contributed by atoms with van der Waals surface area (Å²) in [5.41, 5.74) is 1.69. The molecule has 6 nitrogen and oxygen atoms in total. The molecule has 2 aromatic carbocycles. The lowest BCUT2D eigenvalue weighted by Gasteiger charge is -2.32. The summed E-state index contributed by atoms with van der Waals surface area (Å²) >= 11 is 1.39. The number of nitrogens with one attached hydrogen (secondary N) is 2. The lowest BCUT2D eigenvalue weighted by atomic mass is 10.0. The van der Waals surface area contributed by atoms with Gasteiger partial charge in [-0.3, -0.25) is 0 Å². The van der Waals surface area contributed by atoms with Crippen molar-refractivity contribution in [2.45, 2.75) is 43.5 Å². The third-order valence-corrected chi connectivity index (χ3v) is 9.10. The zero-order chi connectivity index (χ0) is 28.2. The smallest absolute Gasteiger partial charge is 0.242 e. The number of likely N-dealkylation sites (tertiary alicyclic amines) is 1. The standard InChI is InChI=1S/C28H32F3N3O3S2/c1-4-34-13-10-18(11-14-34)33-22-8-5-7-19-20(15-27(30)31)25(38-28(19)22)9-6-12-32-23-16-21(29)26(39(3,35)36)17-24(23)37-2/h5,7-8,16-18,27,32-33H,4,10-15H2,1-3H3. The quantitative estimate of drug-likeness (QED) is 0.321.